The fourth-order valence-electron chi connectivity index (χ4n) is 3.54. The van der Waals surface area contributed by atoms with Crippen LogP contribution >= 0.6 is 0 Å². The first-order chi connectivity index (χ1) is 12.1. The van der Waals surface area contributed by atoms with Crippen molar-refractivity contribution in [3.05, 3.63) is 29.6 Å². The largest absolute Gasteiger partial charge is 0.478 e. The number of fused-ring (bicyclic) bond motifs is 1. The number of aryl methyl sites for hydroxylation is 1. The van der Waals surface area contributed by atoms with Crippen molar-refractivity contribution in [2.24, 2.45) is 0 Å². The number of benzene rings is 1. The summed E-state index contributed by atoms with van der Waals surface area (Å²) in [5.41, 5.74) is 2.02. The number of carboxylic acids is 1. The summed E-state index contributed by atoms with van der Waals surface area (Å²) in [6.45, 7) is 9.17. The summed E-state index contributed by atoms with van der Waals surface area (Å²) < 4.78 is 8.07. The van der Waals surface area contributed by atoms with Gasteiger partial charge in [-0.05, 0) is 57.1 Å². The van der Waals surface area contributed by atoms with Gasteiger partial charge in [0, 0.05) is 13.2 Å². The Hall–Kier alpha value is -1.92. The van der Waals surface area contributed by atoms with Crippen LogP contribution in [-0.2, 0) is 11.3 Å². The minimum Gasteiger partial charge on any atom is -0.478 e. The van der Waals surface area contributed by atoms with E-state index in [4.69, 9.17) is 9.72 Å². The second kappa shape index (κ2) is 7.97. The van der Waals surface area contributed by atoms with Gasteiger partial charge in [0.1, 0.15) is 11.9 Å². The molecule has 6 nitrogen and oxygen atoms in total. The predicted octanol–water partition coefficient (Wildman–Crippen LogP) is 3.32. The van der Waals surface area contributed by atoms with Gasteiger partial charge in [0.2, 0.25) is 0 Å². The Morgan fingerprint density at radius 1 is 1.40 bits per heavy atom. The molecule has 0 aliphatic carbocycles. The van der Waals surface area contributed by atoms with Gasteiger partial charge in [-0.1, -0.05) is 13.8 Å². The van der Waals surface area contributed by atoms with E-state index >= 15 is 0 Å². The van der Waals surface area contributed by atoms with Crippen molar-refractivity contribution in [1.29, 1.82) is 0 Å². The zero-order valence-electron chi connectivity index (χ0n) is 15.1. The SMILES string of the molecule is CCN(CC)CCCn1c(C2CCCO2)nc2cc(C(=O)O)ccc21. The quantitative estimate of drug-likeness (QED) is 0.795. The molecule has 1 aromatic heterocycles. The monoisotopic (exact) mass is 345 g/mol. The molecule has 1 aliphatic heterocycles. The molecule has 136 valence electrons. The highest BCUT2D eigenvalue weighted by Gasteiger charge is 2.24. The van der Waals surface area contributed by atoms with E-state index in [-0.39, 0.29) is 11.7 Å². The van der Waals surface area contributed by atoms with E-state index < -0.39 is 5.97 Å². The van der Waals surface area contributed by atoms with Crippen molar-refractivity contribution in [3.8, 4) is 0 Å². The van der Waals surface area contributed by atoms with Gasteiger partial charge >= 0.3 is 5.97 Å². The van der Waals surface area contributed by atoms with Crippen molar-refractivity contribution in [2.45, 2.75) is 45.8 Å². The van der Waals surface area contributed by atoms with E-state index in [2.05, 4.69) is 23.3 Å². The number of ether oxygens (including phenoxy) is 1. The molecular formula is C19H27N3O3. The molecule has 0 saturated carbocycles. The molecule has 1 aliphatic rings. The molecule has 1 atom stereocenters. The molecule has 1 aromatic carbocycles. The molecule has 0 bridgehead atoms. The summed E-state index contributed by atoms with van der Waals surface area (Å²) in [7, 11) is 0. The van der Waals surface area contributed by atoms with Gasteiger partial charge < -0.3 is 19.3 Å². The van der Waals surface area contributed by atoms with E-state index in [1.54, 1.807) is 12.1 Å². The number of carboxylic acid groups (broad SMARTS) is 1. The molecule has 1 fully saturated rings. The number of aromatic carboxylic acids is 1. The highest BCUT2D eigenvalue weighted by atomic mass is 16.5. The Labute approximate surface area is 148 Å². The third-order valence-electron chi connectivity index (χ3n) is 4.99. The van der Waals surface area contributed by atoms with Crippen LogP contribution in [0.25, 0.3) is 11.0 Å². The van der Waals surface area contributed by atoms with E-state index in [1.807, 2.05) is 6.07 Å². The van der Waals surface area contributed by atoms with E-state index in [1.165, 1.54) is 0 Å². The van der Waals surface area contributed by atoms with Crippen molar-refractivity contribution in [3.63, 3.8) is 0 Å². The Kier molecular flexibility index (Phi) is 5.71. The van der Waals surface area contributed by atoms with Gasteiger partial charge in [-0.3, -0.25) is 0 Å². The molecule has 3 rings (SSSR count). The Balaban J connectivity index is 1.89. The molecule has 1 N–H and O–H groups in total. The minimum atomic E-state index is -0.920. The zero-order chi connectivity index (χ0) is 17.8. The summed E-state index contributed by atoms with van der Waals surface area (Å²) in [4.78, 5) is 18.4. The molecule has 0 amide bonds. The molecule has 1 saturated heterocycles. The number of rotatable bonds is 8. The Morgan fingerprint density at radius 2 is 2.20 bits per heavy atom. The highest BCUT2D eigenvalue weighted by molar-refractivity contribution is 5.92. The van der Waals surface area contributed by atoms with Crippen molar-refractivity contribution >= 4 is 17.0 Å². The van der Waals surface area contributed by atoms with Crippen LogP contribution < -0.4 is 0 Å². The first-order valence-corrected chi connectivity index (χ1v) is 9.21. The normalized spacial score (nSPS) is 17.6. The molecule has 0 spiro atoms. The highest BCUT2D eigenvalue weighted by Crippen LogP contribution is 2.31. The molecule has 2 aromatic rings. The number of nitrogens with zero attached hydrogens (tertiary/aromatic N) is 3. The van der Waals surface area contributed by atoms with Crippen LogP contribution in [0.5, 0.6) is 0 Å². The molecule has 1 unspecified atom stereocenters. The topological polar surface area (TPSA) is 67.6 Å². The maximum atomic E-state index is 11.2. The van der Waals surface area contributed by atoms with Crippen LogP contribution in [-0.4, -0.2) is 51.8 Å². The van der Waals surface area contributed by atoms with Crippen LogP contribution in [0.4, 0.5) is 0 Å². The molecule has 0 radical (unpaired) electrons. The van der Waals surface area contributed by atoms with Gasteiger partial charge in [-0.15, -0.1) is 0 Å². The smallest absolute Gasteiger partial charge is 0.335 e. The molecule has 6 heteroatoms. The summed E-state index contributed by atoms with van der Waals surface area (Å²) in [6.07, 6.45) is 3.08. The summed E-state index contributed by atoms with van der Waals surface area (Å²) in [6, 6.07) is 5.20. The van der Waals surface area contributed by atoms with Crippen LogP contribution in [0.1, 0.15) is 55.4 Å². The lowest BCUT2D eigenvalue weighted by molar-refractivity contribution is 0.0697. The van der Waals surface area contributed by atoms with Crippen LogP contribution in [0.3, 0.4) is 0 Å². The Morgan fingerprint density at radius 3 is 2.84 bits per heavy atom. The maximum Gasteiger partial charge on any atom is 0.335 e. The maximum absolute atomic E-state index is 11.2. The number of hydrogen-bond acceptors (Lipinski definition) is 4. The van der Waals surface area contributed by atoms with Crippen LogP contribution in [0.15, 0.2) is 18.2 Å². The number of hydrogen-bond donors (Lipinski definition) is 1. The van der Waals surface area contributed by atoms with Gasteiger partial charge in [-0.25, -0.2) is 9.78 Å². The fourth-order valence-corrected chi connectivity index (χ4v) is 3.54. The first-order valence-electron chi connectivity index (χ1n) is 9.21. The molecular weight excluding hydrogens is 318 g/mol. The van der Waals surface area contributed by atoms with Gasteiger partial charge in [0.05, 0.1) is 16.6 Å². The predicted molar refractivity (Wildman–Crippen MR) is 97.0 cm³/mol. The van der Waals surface area contributed by atoms with Gasteiger partial charge in [0.25, 0.3) is 0 Å². The van der Waals surface area contributed by atoms with Crippen molar-refractivity contribution in [2.75, 3.05) is 26.2 Å². The number of imidazole rings is 1. The summed E-state index contributed by atoms with van der Waals surface area (Å²) >= 11 is 0. The van der Waals surface area contributed by atoms with E-state index in [0.717, 1.165) is 68.9 Å². The average molecular weight is 345 g/mol. The van der Waals surface area contributed by atoms with E-state index in [9.17, 15) is 9.90 Å². The molecule has 25 heavy (non-hydrogen) atoms. The van der Waals surface area contributed by atoms with Crippen molar-refractivity contribution in [1.82, 2.24) is 14.5 Å². The Bertz CT molecular complexity index is 731. The van der Waals surface area contributed by atoms with E-state index in [0.29, 0.717) is 0 Å². The summed E-state index contributed by atoms with van der Waals surface area (Å²) in [5.74, 6) is 0.0197. The second-order valence-electron chi connectivity index (χ2n) is 6.51. The lowest BCUT2D eigenvalue weighted by atomic mass is 10.2. The summed E-state index contributed by atoms with van der Waals surface area (Å²) in [5, 5.41) is 9.22. The third kappa shape index (κ3) is 3.85. The van der Waals surface area contributed by atoms with Gasteiger partial charge in [0.15, 0.2) is 0 Å². The van der Waals surface area contributed by atoms with Crippen molar-refractivity contribution < 1.29 is 14.6 Å². The molecule has 2 heterocycles. The number of carbonyl (C=O) groups is 1. The fraction of sp³-hybridized carbons (Fsp3) is 0.579. The minimum absolute atomic E-state index is 0.0223. The van der Waals surface area contributed by atoms with Crippen LogP contribution in [0.2, 0.25) is 0 Å². The number of aromatic nitrogens is 2. The standard InChI is InChI=1S/C19H27N3O3/c1-3-21(4-2)10-6-11-22-16-9-8-14(19(23)24)13-15(16)20-18(22)17-7-5-12-25-17/h8-9,13,17H,3-7,10-12H2,1-2H3,(H,23,24). The second-order valence-corrected chi connectivity index (χ2v) is 6.51. The lowest BCUT2D eigenvalue weighted by Gasteiger charge is -2.19. The van der Waals surface area contributed by atoms with Gasteiger partial charge in [-0.2, -0.15) is 0 Å². The first kappa shape index (κ1) is 17.9. The lowest BCUT2D eigenvalue weighted by Crippen LogP contribution is -2.25. The van der Waals surface area contributed by atoms with Crippen LogP contribution in [0, 0.1) is 0 Å². The average Bonchev–Trinajstić information content (AvgIpc) is 3.26. The third-order valence-corrected chi connectivity index (χ3v) is 4.99. The zero-order valence-corrected chi connectivity index (χ0v) is 15.1.